The summed E-state index contributed by atoms with van der Waals surface area (Å²) >= 11 is 0. The van der Waals surface area contributed by atoms with Crippen molar-refractivity contribution >= 4 is 23.4 Å². The summed E-state index contributed by atoms with van der Waals surface area (Å²) in [7, 11) is 1.56. The highest BCUT2D eigenvalue weighted by Crippen LogP contribution is 2.23. The minimum Gasteiger partial charge on any atom is -0.467 e. The Kier molecular flexibility index (Phi) is 4.83. The lowest BCUT2D eigenvalue weighted by atomic mass is 10.1. The van der Waals surface area contributed by atoms with E-state index in [-0.39, 0.29) is 24.3 Å². The number of benzene rings is 1. The molecular formula is C18H19N3O4. The topological polar surface area (TPSA) is 91.7 Å². The molecule has 2 heterocycles. The standard InChI is InChI=1S/C18H19N3O4/c1-19-17(23)12-4-6-13(7-5-12)20-18(24)15-8-9-16(22)21(15)11-14-3-2-10-25-14/h2-7,10,15H,8-9,11H2,1H3,(H,19,23)(H,20,24)/t15-/m0/s1. The van der Waals surface area contributed by atoms with E-state index in [0.29, 0.717) is 29.9 Å². The van der Waals surface area contributed by atoms with Crippen LogP contribution in [-0.2, 0) is 16.1 Å². The third-order valence-electron chi connectivity index (χ3n) is 4.18. The molecule has 0 unspecified atom stereocenters. The van der Waals surface area contributed by atoms with Crippen LogP contribution in [0.2, 0.25) is 0 Å². The van der Waals surface area contributed by atoms with Crippen LogP contribution in [-0.4, -0.2) is 35.7 Å². The Labute approximate surface area is 145 Å². The van der Waals surface area contributed by atoms with Crippen molar-refractivity contribution in [1.82, 2.24) is 10.2 Å². The zero-order chi connectivity index (χ0) is 17.8. The number of hydrogen-bond acceptors (Lipinski definition) is 4. The van der Waals surface area contributed by atoms with Crippen molar-refractivity contribution in [2.24, 2.45) is 0 Å². The van der Waals surface area contributed by atoms with Gasteiger partial charge in [-0.05, 0) is 42.8 Å². The summed E-state index contributed by atoms with van der Waals surface area (Å²) in [6.45, 7) is 0.277. The second-order valence-corrected chi connectivity index (χ2v) is 5.80. The lowest BCUT2D eigenvalue weighted by Gasteiger charge is -2.23. The molecule has 1 aromatic carbocycles. The smallest absolute Gasteiger partial charge is 0.251 e. The van der Waals surface area contributed by atoms with E-state index in [1.807, 2.05) is 0 Å². The highest BCUT2D eigenvalue weighted by Gasteiger charge is 2.36. The van der Waals surface area contributed by atoms with Crippen LogP contribution in [0.4, 0.5) is 5.69 Å². The van der Waals surface area contributed by atoms with Gasteiger partial charge in [0.25, 0.3) is 5.91 Å². The second-order valence-electron chi connectivity index (χ2n) is 5.80. The molecule has 0 aliphatic carbocycles. The minimum atomic E-state index is -0.531. The molecule has 7 nitrogen and oxygen atoms in total. The van der Waals surface area contributed by atoms with Gasteiger partial charge in [-0.2, -0.15) is 0 Å². The number of nitrogens with one attached hydrogen (secondary N) is 2. The number of furan rings is 1. The molecule has 130 valence electrons. The number of likely N-dealkylation sites (tertiary alicyclic amines) is 1. The van der Waals surface area contributed by atoms with Crippen LogP contribution in [0.15, 0.2) is 47.1 Å². The number of anilines is 1. The first kappa shape index (κ1) is 16.8. The van der Waals surface area contributed by atoms with E-state index in [0.717, 1.165) is 0 Å². The van der Waals surface area contributed by atoms with Gasteiger partial charge in [-0.25, -0.2) is 0 Å². The Morgan fingerprint density at radius 1 is 1.24 bits per heavy atom. The monoisotopic (exact) mass is 341 g/mol. The van der Waals surface area contributed by atoms with Crippen LogP contribution in [0.5, 0.6) is 0 Å². The van der Waals surface area contributed by atoms with Crippen LogP contribution in [0.25, 0.3) is 0 Å². The molecule has 1 fully saturated rings. The molecule has 0 spiro atoms. The van der Waals surface area contributed by atoms with Crippen LogP contribution in [0, 0.1) is 0 Å². The van der Waals surface area contributed by atoms with Crippen molar-refractivity contribution in [3.8, 4) is 0 Å². The maximum atomic E-state index is 12.6. The molecule has 1 aromatic heterocycles. The summed E-state index contributed by atoms with van der Waals surface area (Å²) in [5, 5.41) is 5.34. The van der Waals surface area contributed by atoms with Gasteiger partial charge in [0.15, 0.2) is 0 Å². The summed E-state index contributed by atoms with van der Waals surface area (Å²) in [6.07, 6.45) is 2.36. The first-order valence-corrected chi connectivity index (χ1v) is 8.03. The fourth-order valence-corrected chi connectivity index (χ4v) is 2.85. The molecule has 1 aliphatic rings. The number of rotatable bonds is 5. The number of amides is 3. The van der Waals surface area contributed by atoms with Crippen molar-refractivity contribution in [2.45, 2.75) is 25.4 Å². The minimum absolute atomic E-state index is 0.0634. The molecular weight excluding hydrogens is 322 g/mol. The second kappa shape index (κ2) is 7.21. The normalized spacial score (nSPS) is 16.8. The quantitative estimate of drug-likeness (QED) is 0.867. The van der Waals surface area contributed by atoms with Gasteiger partial charge in [-0.1, -0.05) is 0 Å². The molecule has 2 N–H and O–H groups in total. The van der Waals surface area contributed by atoms with Crippen LogP contribution in [0.1, 0.15) is 29.0 Å². The van der Waals surface area contributed by atoms with Crippen molar-refractivity contribution in [3.63, 3.8) is 0 Å². The van der Waals surface area contributed by atoms with Gasteiger partial charge in [-0.15, -0.1) is 0 Å². The lowest BCUT2D eigenvalue weighted by Crippen LogP contribution is -2.41. The molecule has 1 atom stereocenters. The summed E-state index contributed by atoms with van der Waals surface area (Å²) < 4.78 is 5.27. The van der Waals surface area contributed by atoms with Crippen molar-refractivity contribution in [1.29, 1.82) is 0 Å². The van der Waals surface area contributed by atoms with Gasteiger partial charge in [0.2, 0.25) is 11.8 Å². The Hall–Kier alpha value is -3.09. The summed E-state index contributed by atoms with van der Waals surface area (Å²) in [5.41, 5.74) is 1.09. The van der Waals surface area contributed by atoms with Gasteiger partial charge < -0.3 is 20.0 Å². The van der Waals surface area contributed by atoms with Crippen LogP contribution in [0.3, 0.4) is 0 Å². The van der Waals surface area contributed by atoms with Crippen LogP contribution < -0.4 is 10.6 Å². The van der Waals surface area contributed by atoms with Gasteiger partial charge in [-0.3, -0.25) is 14.4 Å². The number of hydrogen-bond donors (Lipinski definition) is 2. The van der Waals surface area contributed by atoms with Gasteiger partial charge in [0.1, 0.15) is 11.8 Å². The fraction of sp³-hybridized carbons (Fsp3) is 0.278. The van der Waals surface area contributed by atoms with E-state index < -0.39 is 6.04 Å². The zero-order valence-corrected chi connectivity index (χ0v) is 13.8. The fourth-order valence-electron chi connectivity index (χ4n) is 2.85. The van der Waals surface area contributed by atoms with Gasteiger partial charge >= 0.3 is 0 Å². The van der Waals surface area contributed by atoms with Crippen molar-refractivity contribution in [3.05, 3.63) is 54.0 Å². The van der Waals surface area contributed by atoms with E-state index >= 15 is 0 Å². The zero-order valence-electron chi connectivity index (χ0n) is 13.8. The molecule has 3 amide bonds. The Bertz CT molecular complexity index is 768. The number of carbonyl (C=O) groups excluding carboxylic acids is 3. The van der Waals surface area contributed by atoms with Crippen molar-refractivity contribution in [2.75, 3.05) is 12.4 Å². The molecule has 1 aliphatic heterocycles. The Morgan fingerprint density at radius 2 is 2.00 bits per heavy atom. The van der Waals surface area contributed by atoms with Crippen LogP contribution >= 0.6 is 0 Å². The predicted molar refractivity (Wildman–Crippen MR) is 90.7 cm³/mol. The molecule has 1 saturated heterocycles. The maximum Gasteiger partial charge on any atom is 0.251 e. The largest absolute Gasteiger partial charge is 0.467 e. The molecule has 0 radical (unpaired) electrons. The Morgan fingerprint density at radius 3 is 2.64 bits per heavy atom. The van der Waals surface area contributed by atoms with Crippen molar-refractivity contribution < 1.29 is 18.8 Å². The summed E-state index contributed by atoms with van der Waals surface area (Å²) in [6, 6.07) is 9.59. The van der Waals surface area contributed by atoms with E-state index in [2.05, 4.69) is 10.6 Å². The maximum absolute atomic E-state index is 12.6. The average Bonchev–Trinajstić information content (AvgIpc) is 3.26. The number of nitrogens with zero attached hydrogens (tertiary/aromatic N) is 1. The van der Waals surface area contributed by atoms with E-state index in [1.54, 1.807) is 49.7 Å². The average molecular weight is 341 g/mol. The molecule has 0 saturated carbocycles. The van der Waals surface area contributed by atoms with Gasteiger partial charge in [0.05, 0.1) is 12.8 Å². The SMILES string of the molecule is CNC(=O)c1ccc(NC(=O)[C@@H]2CCC(=O)N2Cc2ccco2)cc1. The lowest BCUT2D eigenvalue weighted by molar-refractivity contribution is -0.134. The highest BCUT2D eigenvalue weighted by molar-refractivity contribution is 5.99. The molecule has 3 rings (SSSR count). The molecule has 7 heteroatoms. The molecule has 25 heavy (non-hydrogen) atoms. The van der Waals surface area contributed by atoms with E-state index in [9.17, 15) is 14.4 Å². The van der Waals surface area contributed by atoms with Gasteiger partial charge in [0, 0.05) is 24.7 Å². The highest BCUT2D eigenvalue weighted by atomic mass is 16.3. The third kappa shape index (κ3) is 3.71. The first-order chi connectivity index (χ1) is 12.1. The molecule has 0 bridgehead atoms. The Balaban J connectivity index is 1.67. The summed E-state index contributed by atoms with van der Waals surface area (Å²) in [4.78, 5) is 37.7. The van der Waals surface area contributed by atoms with E-state index in [4.69, 9.17) is 4.42 Å². The predicted octanol–water partition coefficient (Wildman–Crippen LogP) is 1.77. The molecule has 2 aromatic rings. The van der Waals surface area contributed by atoms with E-state index in [1.165, 1.54) is 4.90 Å². The third-order valence-corrected chi connectivity index (χ3v) is 4.18. The summed E-state index contributed by atoms with van der Waals surface area (Å²) in [5.74, 6) is 0.142. The number of carbonyl (C=O) groups is 3. The first-order valence-electron chi connectivity index (χ1n) is 8.03.